The fourth-order valence-electron chi connectivity index (χ4n) is 3.84. The van der Waals surface area contributed by atoms with Crippen LogP contribution in [0.3, 0.4) is 0 Å². The number of hydrogen-bond acceptors (Lipinski definition) is 5. The van der Waals surface area contributed by atoms with Crippen molar-refractivity contribution in [2.45, 2.75) is 39.3 Å². The number of nitrogens with zero attached hydrogens (tertiary/aromatic N) is 3. The van der Waals surface area contributed by atoms with E-state index >= 15 is 0 Å². The molecule has 2 aromatic heterocycles. The van der Waals surface area contributed by atoms with E-state index in [-0.39, 0.29) is 11.7 Å². The Morgan fingerprint density at radius 2 is 2.17 bits per heavy atom. The molecule has 0 fully saturated rings. The van der Waals surface area contributed by atoms with E-state index in [9.17, 15) is 4.79 Å². The predicted octanol–water partition coefficient (Wildman–Crippen LogP) is 3.91. The minimum atomic E-state index is -0.721. The highest BCUT2D eigenvalue weighted by Gasteiger charge is 2.43. The van der Waals surface area contributed by atoms with Crippen LogP contribution >= 0.6 is 0 Å². The molecule has 1 N–H and O–H groups in total. The molecule has 7 nitrogen and oxygen atoms in total. The molecule has 29 heavy (non-hydrogen) atoms. The molecule has 1 aliphatic heterocycles. The number of pyridine rings is 1. The molecular weight excluding hydrogens is 368 g/mol. The fourth-order valence-corrected chi connectivity index (χ4v) is 3.84. The van der Waals surface area contributed by atoms with E-state index in [0.29, 0.717) is 34.7 Å². The summed E-state index contributed by atoms with van der Waals surface area (Å²) in [6.07, 6.45) is 1.72. The van der Waals surface area contributed by atoms with E-state index in [1.54, 1.807) is 10.8 Å². The molecule has 0 amide bonds. The largest absolute Gasteiger partial charge is 0.482 e. The highest BCUT2D eigenvalue weighted by atomic mass is 16.6. The van der Waals surface area contributed by atoms with E-state index < -0.39 is 5.60 Å². The minimum Gasteiger partial charge on any atom is -0.482 e. The van der Waals surface area contributed by atoms with Gasteiger partial charge < -0.3 is 14.6 Å². The number of aromatic amines is 1. The molecule has 1 aliphatic rings. The van der Waals surface area contributed by atoms with Crippen molar-refractivity contribution >= 4 is 22.3 Å². The lowest BCUT2D eigenvalue weighted by atomic mass is 9.91. The second kappa shape index (κ2) is 6.92. The molecule has 0 aliphatic carbocycles. The zero-order chi connectivity index (χ0) is 20.8. The molecule has 3 aromatic rings. The van der Waals surface area contributed by atoms with E-state index in [1.165, 1.54) is 0 Å². The molecule has 1 unspecified atom stereocenters. The Balaban J connectivity index is 1.97. The van der Waals surface area contributed by atoms with E-state index in [1.807, 2.05) is 58.0 Å². The van der Waals surface area contributed by atoms with Gasteiger partial charge in [-0.15, -0.1) is 0 Å². The molecule has 1 atom stereocenters. The number of nitrogens with one attached hydrogen (secondary N) is 1. The molecule has 0 bridgehead atoms. The third-order valence-corrected chi connectivity index (χ3v) is 5.17. The van der Waals surface area contributed by atoms with Gasteiger partial charge in [0.15, 0.2) is 5.75 Å². The van der Waals surface area contributed by atoms with Gasteiger partial charge in [-0.1, -0.05) is 17.8 Å². The second-order valence-corrected chi connectivity index (χ2v) is 7.57. The monoisotopic (exact) mass is 392 g/mol. The molecule has 7 heteroatoms. The summed E-state index contributed by atoms with van der Waals surface area (Å²) in [4.78, 5) is 25.5. The summed E-state index contributed by atoms with van der Waals surface area (Å²) >= 11 is 0. The molecule has 3 heterocycles. The summed E-state index contributed by atoms with van der Waals surface area (Å²) in [6, 6.07) is 9.05. The van der Waals surface area contributed by atoms with Crippen LogP contribution in [0.1, 0.15) is 45.0 Å². The van der Waals surface area contributed by atoms with Gasteiger partial charge in [0.1, 0.15) is 23.8 Å². The Bertz CT molecular complexity index is 1170. The van der Waals surface area contributed by atoms with Crippen LogP contribution in [0.4, 0.5) is 0 Å². The minimum absolute atomic E-state index is 0.198. The van der Waals surface area contributed by atoms with Crippen molar-refractivity contribution in [2.75, 3.05) is 6.61 Å². The molecule has 1 aromatic carbocycles. The molecule has 0 spiro atoms. The van der Waals surface area contributed by atoms with Gasteiger partial charge in [-0.2, -0.15) is 0 Å². The summed E-state index contributed by atoms with van der Waals surface area (Å²) < 4.78 is 8.24. The van der Waals surface area contributed by atoms with Gasteiger partial charge >= 0.3 is 5.69 Å². The Hall–Kier alpha value is -3.35. The average molecular weight is 392 g/mol. The lowest BCUT2D eigenvalue weighted by molar-refractivity contribution is 0.0543. The smallest absolute Gasteiger partial charge is 0.327 e. The van der Waals surface area contributed by atoms with Crippen molar-refractivity contribution in [3.05, 3.63) is 64.8 Å². The van der Waals surface area contributed by atoms with E-state index in [2.05, 4.69) is 21.7 Å². The van der Waals surface area contributed by atoms with Crippen LogP contribution in [0.2, 0.25) is 0 Å². The predicted molar refractivity (Wildman–Crippen MR) is 113 cm³/mol. The first-order valence-electron chi connectivity index (χ1n) is 9.58. The number of allylic oxidation sites excluding steroid dienone is 1. The van der Waals surface area contributed by atoms with Crippen LogP contribution < -0.4 is 10.4 Å². The lowest BCUT2D eigenvalue weighted by Crippen LogP contribution is -2.46. The molecule has 4 rings (SSSR count). The average Bonchev–Trinajstić information content (AvgIpc) is 3.03. The summed E-state index contributed by atoms with van der Waals surface area (Å²) in [6.45, 7) is 12.3. The number of oxime groups is 1. The third kappa shape index (κ3) is 3.03. The van der Waals surface area contributed by atoms with Crippen molar-refractivity contribution in [2.24, 2.45) is 5.16 Å². The van der Waals surface area contributed by atoms with Crippen LogP contribution in [0, 0.1) is 0 Å². The van der Waals surface area contributed by atoms with Gasteiger partial charge in [0.05, 0.1) is 16.9 Å². The lowest BCUT2D eigenvalue weighted by Gasteiger charge is -2.40. The van der Waals surface area contributed by atoms with Crippen molar-refractivity contribution in [3.8, 4) is 5.75 Å². The number of imidazole rings is 1. The zero-order valence-electron chi connectivity index (χ0n) is 17.0. The SMILES string of the molecule is C=C(/C(C)=N\OCC)c1ccc2[nH]c(=O)n3c2c1OC(C)(C)C3c1ccccn1. The normalized spacial score (nSPS) is 17.8. The van der Waals surface area contributed by atoms with Gasteiger partial charge in [0.25, 0.3) is 0 Å². The maximum absolute atomic E-state index is 12.9. The number of rotatable bonds is 5. The first kappa shape index (κ1) is 19.0. The molecule has 0 radical (unpaired) electrons. The van der Waals surface area contributed by atoms with Gasteiger partial charge in [0.2, 0.25) is 0 Å². The van der Waals surface area contributed by atoms with E-state index in [0.717, 1.165) is 11.3 Å². The van der Waals surface area contributed by atoms with Crippen LogP contribution in [-0.2, 0) is 4.84 Å². The summed E-state index contributed by atoms with van der Waals surface area (Å²) in [7, 11) is 0. The maximum atomic E-state index is 12.9. The highest BCUT2D eigenvalue weighted by molar-refractivity contribution is 6.23. The summed E-state index contributed by atoms with van der Waals surface area (Å²) in [5.41, 5.74) is 3.37. The van der Waals surface area contributed by atoms with Gasteiger partial charge in [-0.05, 0) is 52.0 Å². The van der Waals surface area contributed by atoms with Crippen molar-refractivity contribution in [1.82, 2.24) is 14.5 Å². The fraction of sp³-hybridized carbons (Fsp3) is 0.318. The number of benzene rings is 1. The van der Waals surface area contributed by atoms with Gasteiger partial charge in [0, 0.05) is 17.3 Å². The quantitative estimate of drug-likeness (QED) is 0.527. The molecular formula is C22H24N4O3. The van der Waals surface area contributed by atoms with Crippen LogP contribution in [-0.4, -0.2) is 32.5 Å². The Kier molecular flexibility index (Phi) is 4.53. The van der Waals surface area contributed by atoms with Crippen molar-refractivity contribution < 1.29 is 9.57 Å². The third-order valence-electron chi connectivity index (χ3n) is 5.17. The number of ether oxygens (including phenoxy) is 1. The maximum Gasteiger partial charge on any atom is 0.327 e. The van der Waals surface area contributed by atoms with Crippen molar-refractivity contribution in [3.63, 3.8) is 0 Å². The Morgan fingerprint density at radius 1 is 1.38 bits per heavy atom. The molecule has 0 saturated carbocycles. The molecule has 0 saturated heterocycles. The highest BCUT2D eigenvalue weighted by Crippen LogP contribution is 2.45. The summed E-state index contributed by atoms with van der Waals surface area (Å²) in [5.74, 6) is 0.606. The first-order chi connectivity index (χ1) is 13.8. The topological polar surface area (TPSA) is 81.5 Å². The van der Waals surface area contributed by atoms with Gasteiger partial charge in [-0.25, -0.2) is 4.79 Å². The second-order valence-electron chi connectivity index (χ2n) is 7.57. The number of aromatic nitrogens is 3. The van der Waals surface area contributed by atoms with Crippen LogP contribution in [0.5, 0.6) is 5.75 Å². The van der Waals surface area contributed by atoms with Crippen molar-refractivity contribution in [1.29, 1.82) is 0 Å². The number of hydrogen-bond donors (Lipinski definition) is 1. The van der Waals surface area contributed by atoms with E-state index in [4.69, 9.17) is 9.57 Å². The van der Waals surface area contributed by atoms with Crippen LogP contribution in [0.15, 0.2) is 53.1 Å². The van der Waals surface area contributed by atoms with Crippen LogP contribution in [0.25, 0.3) is 16.6 Å². The Labute approximate surface area is 168 Å². The zero-order valence-corrected chi connectivity index (χ0v) is 17.0. The Morgan fingerprint density at radius 3 is 2.86 bits per heavy atom. The first-order valence-corrected chi connectivity index (χ1v) is 9.58. The molecule has 150 valence electrons. The van der Waals surface area contributed by atoms with Gasteiger partial charge in [-0.3, -0.25) is 9.55 Å². The number of H-pyrrole nitrogens is 1. The summed E-state index contributed by atoms with van der Waals surface area (Å²) in [5, 5.41) is 4.09. The standard InChI is InChI=1S/C22H24N4O3/c1-6-28-25-14(3)13(2)15-10-11-16-18-19(15)29-22(4,5)20(26(18)21(27)24-16)17-9-7-8-12-23-17/h7-12,20H,2,6H2,1,3-5H3,(H,24,27)/b25-14-.